The maximum atomic E-state index is 5.28. The summed E-state index contributed by atoms with van der Waals surface area (Å²) in [4.78, 5) is 7.70. The van der Waals surface area contributed by atoms with Gasteiger partial charge in [0.05, 0.1) is 22.8 Å². The van der Waals surface area contributed by atoms with E-state index in [9.17, 15) is 0 Å². The third kappa shape index (κ3) is 6.43. The van der Waals surface area contributed by atoms with E-state index in [4.69, 9.17) is 4.98 Å². The Morgan fingerprint density at radius 3 is 2.02 bits per heavy atom. The monoisotopic (exact) mass is 600 g/mol. The number of hydrogen-bond acceptors (Lipinski definition) is 2. The maximum Gasteiger partial charge on any atom is 0.0830 e. The second kappa shape index (κ2) is 15.2. The third-order valence-corrected chi connectivity index (χ3v) is 8.00. The van der Waals surface area contributed by atoms with Gasteiger partial charge in [-0.3, -0.25) is 0 Å². The fourth-order valence-corrected chi connectivity index (χ4v) is 5.92. The number of para-hydroxylation sites is 1. The Morgan fingerprint density at radius 1 is 0.652 bits per heavy atom. The summed E-state index contributed by atoms with van der Waals surface area (Å²) in [6.07, 6.45) is 7.59. The number of anilines is 3. The first kappa shape index (κ1) is 32.2. The Kier molecular flexibility index (Phi) is 10.6. The molecule has 0 N–H and O–H groups in total. The highest BCUT2D eigenvalue weighted by molar-refractivity contribution is 6.13. The van der Waals surface area contributed by atoms with E-state index in [-0.39, 0.29) is 0 Å². The van der Waals surface area contributed by atoms with Crippen LogP contribution in [0.5, 0.6) is 0 Å². The van der Waals surface area contributed by atoms with E-state index in [1.54, 1.807) is 0 Å². The lowest BCUT2D eigenvalue weighted by molar-refractivity contribution is 1.22. The quantitative estimate of drug-likeness (QED) is 0.177. The lowest BCUT2D eigenvalue weighted by Crippen LogP contribution is -2.16. The topological polar surface area (TPSA) is 16.1 Å². The second-order valence-corrected chi connectivity index (χ2v) is 10.8. The van der Waals surface area contributed by atoms with Gasteiger partial charge in [0.15, 0.2) is 0 Å². The summed E-state index contributed by atoms with van der Waals surface area (Å²) in [6, 6.07) is 45.6. The average molecular weight is 601 g/mol. The Bertz CT molecular complexity index is 1970. The number of allylic oxidation sites excluding steroid dienone is 4. The van der Waals surface area contributed by atoms with Gasteiger partial charge >= 0.3 is 0 Å². The Labute approximate surface area is 275 Å². The van der Waals surface area contributed by atoms with Crippen LogP contribution >= 0.6 is 0 Å². The summed E-state index contributed by atoms with van der Waals surface area (Å²) in [5.41, 5.74) is 12.6. The zero-order chi connectivity index (χ0) is 32.5. The van der Waals surface area contributed by atoms with Gasteiger partial charge in [-0.15, -0.1) is 0 Å². The fraction of sp³-hybridized carbons (Fsp3) is 0.159. The van der Waals surface area contributed by atoms with Crippen LogP contribution in [0.15, 0.2) is 146 Å². The minimum Gasteiger partial charge on any atom is -0.309 e. The Balaban J connectivity index is 0.00000100. The van der Waals surface area contributed by atoms with Crippen molar-refractivity contribution in [2.75, 3.05) is 4.90 Å². The van der Waals surface area contributed by atoms with E-state index in [0.29, 0.717) is 0 Å². The molecular formula is C44H44N2. The molecule has 0 unspecified atom stereocenters. The van der Waals surface area contributed by atoms with Crippen molar-refractivity contribution in [2.24, 2.45) is 0 Å². The lowest BCUT2D eigenvalue weighted by atomic mass is 9.92. The minimum atomic E-state index is 0.993. The molecule has 0 fully saturated rings. The molecule has 0 saturated carbocycles. The highest BCUT2D eigenvalue weighted by Gasteiger charge is 2.28. The molecule has 0 aliphatic carbocycles. The molecule has 1 aromatic heterocycles. The van der Waals surface area contributed by atoms with Crippen LogP contribution in [0.25, 0.3) is 50.0 Å². The number of rotatable bonds is 6. The van der Waals surface area contributed by atoms with E-state index in [2.05, 4.69) is 164 Å². The highest BCUT2D eigenvalue weighted by Crippen LogP contribution is 2.51. The number of nitrogens with zero attached hydrogens (tertiary/aromatic N) is 2. The standard InChI is InChI=1S/C40H32N2.2C2H6/c1-3-4-7-15-28(2)32-24-33(29-16-8-5-9-17-29)26-34(25-32)42-37-22-13-12-21-35(37)40-39-31(20-14-23-38(39)42)27-36(41-40)30-18-10-6-11-19-30;2*1-2/h4-27H,3H2,1-2H3;2*1-2H3/b7-4-,28-15+;;. The number of fused-ring (bicyclic) bond motifs is 2. The van der Waals surface area contributed by atoms with Crippen molar-refractivity contribution in [2.45, 2.75) is 48.0 Å². The molecule has 2 heterocycles. The predicted octanol–water partition coefficient (Wildman–Crippen LogP) is 13.4. The predicted molar refractivity (Wildman–Crippen MR) is 202 cm³/mol. The number of aromatic nitrogens is 1. The van der Waals surface area contributed by atoms with Crippen LogP contribution in [-0.2, 0) is 0 Å². The van der Waals surface area contributed by atoms with E-state index in [1.807, 2.05) is 27.7 Å². The molecule has 46 heavy (non-hydrogen) atoms. The van der Waals surface area contributed by atoms with Gasteiger partial charge in [0.25, 0.3) is 0 Å². The van der Waals surface area contributed by atoms with Crippen molar-refractivity contribution in [3.63, 3.8) is 0 Å². The smallest absolute Gasteiger partial charge is 0.0830 e. The molecule has 2 heteroatoms. The van der Waals surface area contributed by atoms with Gasteiger partial charge in [-0.2, -0.15) is 0 Å². The molecule has 0 bridgehead atoms. The van der Waals surface area contributed by atoms with Crippen LogP contribution in [0.4, 0.5) is 17.1 Å². The third-order valence-electron chi connectivity index (χ3n) is 8.00. The first-order valence-electron chi connectivity index (χ1n) is 16.6. The Morgan fingerprint density at radius 2 is 1.30 bits per heavy atom. The van der Waals surface area contributed by atoms with Crippen LogP contribution in [0.2, 0.25) is 0 Å². The highest BCUT2D eigenvalue weighted by atomic mass is 15.2. The maximum absolute atomic E-state index is 5.28. The number of hydrogen-bond donors (Lipinski definition) is 0. The van der Waals surface area contributed by atoms with Crippen molar-refractivity contribution < 1.29 is 0 Å². The van der Waals surface area contributed by atoms with E-state index in [0.717, 1.165) is 46.0 Å². The summed E-state index contributed by atoms with van der Waals surface area (Å²) in [6.45, 7) is 12.4. The fourth-order valence-electron chi connectivity index (χ4n) is 5.92. The van der Waals surface area contributed by atoms with Crippen molar-refractivity contribution >= 4 is 33.4 Å². The van der Waals surface area contributed by atoms with Crippen molar-refractivity contribution in [3.05, 3.63) is 151 Å². The molecule has 5 aromatic carbocycles. The number of pyridine rings is 1. The van der Waals surface area contributed by atoms with Crippen LogP contribution in [-0.4, -0.2) is 4.98 Å². The molecule has 6 aromatic rings. The Hall–Kier alpha value is -5.21. The summed E-state index contributed by atoms with van der Waals surface area (Å²) >= 11 is 0. The zero-order valence-electron chi connectivity index (χ0n) is 28.0. The van der Waals surface area contributed by atoms with Gasteiger partial charge < -0.3 is 4.90 Å². The normalized spacial score (nSPS) is 11.8. The van der Waals surface area contributed by atoms with Gasteiger partial charge in [-0.1, -0.05) is 144 Å². The molecule has 0 amide bonds. The summed E-state index contributed by atoms with van der Waals surface area (Å²) in [5, 5.41) is 2.37. The van der Waals surface area contributed by atoms with Crippen LogP contribution in [0.3, 0.4) is 0 Å². The lowest BCUT2D eigenvalue weighted by Gasteiger charge is -2.33. The summed E-state index contributed by atoms with van der Waals surface area (Å²) in [7, 11) is 0. The van der Waals surface area contributed by atoms with Crippen molar-refractivity contribution in [1.82, 2.24) is 4.98 Å². The average Bonchev–Trinajstić information content (AvgIpc) is 3.14. The first-order valence-corrected chi connectivity index (χ1v) is 16.6. The van der Waals surface area contributed by atoms with Gasteiger partial charge in [-0.05, 0) is 77.4 Å². The molecule has 1 aliphatic rings. The van der Waals surface area contributed by atoms with E-state index >= 15 is 0 Å². The first-order chi connectivity index (χ1) is 22.7. The zero-order valence-corrected chi connectivity index (χ0v) is 28.0. The summed E-state index contributed by atoms with van der Waals surface area (Å²) in [5.74, 6) is 0. The second-order valence-electron chi connectivity index (χ2n) is 10.8. The largest absolute Gasteiger partial charge is 0.309 e. The summed E-state index contributed by atoms with van der Waals surface area (Å²) < 4.78 is 0. The van der Waals surface area contributed by atoms with Gasteiger partial charge in [0.1, 0.15) is 0 Å². The molecule has 0 saturated heterocycles. The number of benzene rings is 5. The van der Waals surface area contributed by atoms with Crippen molar-refractivity contribution in [1.29, 1.82) is 0 Å². The molecular weight excluding hydrogens is 556 g/mol. The molecule has 2 nitrogen and oxygen atoms in total. The molecule has 230 valence electrons. The van der Waals surface area contributed by atoms with Crippen LogP contribution < -0.4 is 4.90 Å². The molecule has 0 spiro atoms. The van der Waals surface area contributed by atoms with Crippen molar-refractivity contribution in [3.8, 4) is 33.6 Å². The van der Waals surface area contributed by atoms with Gasteiger partial charge in [0.2, 0.25) is 0 Å². The molecule has 1 aliphatic heterocycles. The minimum absolute atomic E-state index is 0.993. The van der Waals surface area contributed by atoms with Crippen LogP contribution in [0, 0.1) is 0 Å². The van der Waals surface area contributed by atoms with Gasteiger partial charge in [0, 0.05) is 22.2 Å². The van der Waals surface area contributed by atoms with E-state index in [1.165, 1.54) is 33.0 Å². The molecule has 0 atom stereocenters. The van der Waals surface area contributed by atoms with Crippen LogP contribution in [0.1, 0.15) is 53.5 Å². The van der Waals surface area contributed by atoms with Gasteiger partial charge in [-0.25, -0.2) is 4.98 Å². The SMILES string of the molecule is CC.CC.CC/C=C\C=C(/C)c1cc(-c2ccccc2)cc(N2c3ccccc3-c3nc(-c4ccccc4)cc4cccc2c34)c1. The molecule has 0 radical (unpaired) electrons. The van der Waals surface area contributed by atoms with E-state index < -0.39 is 0 Å². The molecule has 7 rings (SSSR count).